The third-order valence-electron chi connectivity index (χ3n) is 3.92. The molecule has 134 valence electrons. The van der Waals surface area contributed by atoms with Gasteiger partial charge in [0.25, 0.3) is 0 Å². The molecule has 3 aromatic carbocycles. The topological polar surface area (TPSA) is 91.7 Å². The van der Waals surface area contributed by atoms with Gasteiger partial charge in [0.15, 0.2) is 29.3 Å². The molecule has 0 saturated carbocycles. The lowest BCUT2D eigenvalue weighted by Gasteiger charge is -2.20. The van der Waals surface area contributed by atoms with Crippen molar-refractivity contribution in [3.8, 4) is 0 Å². The molecule has 5 nitrogen and oxygen atoms in total. The first kappa shape index (κ1) is 18.9. The van der Waals surface area contributed by atoms with Gasteiger partial charge >= 0.3 is 0 Å². The largest absolute Gasteiger partial charge is 0.309 e. The summed E-state index contributed by atoms with van der Waals surface area (Å²) >= 11 is -4.23. The quantitative estimate of drug-likeness (QED) is 0.502. The van der Waals surface area contributed by atoms with Gasteiger partial charge in [0, 0.05) is 15.9 Å². The van der Waals surface area contributed by atoms with E-state index < -0.39 is 29.3 Å². The fourth-order valence-electron chi connectivity index (χ4n) is 2.63. The maximum Gasteiger partial charge on any atom is 0.186 e. The second-order valence-electron chi connectivity index (χ2n) is 5.43. The SMILES string of the molecule is O=S(O)c1ccc(P(=O)(c2ccccc2)c2ccc(S(=O)O)cc2)cc1. The minimum Gasteiger partial charge on any atom is -0.309 e. The molecule has 0 amide bonds. The normalized spacial score (nSPS) is 15.8. The Labute approximate surface area is 156 Å². The highest BCUT2D eigenvalue weighted by Gasteiger charge is 2.29. The third-order valence-corrected chi connectivity index (χ3v) is 8.35. The molecule has 2 atom stereocenters. The predicted molar refractivity (Wildman–Crippen MR) is 104 cm³/mol. The molecule has 0 aliphatic rings. The average molecular weight is 406 g/mol. The minimum absolute atomic E-state index is 0.222. The van der Waals surface area contributed by atoms with Crippen molar-refractivity contribution in [2.24, 2.45) is 0 Å². The Hall–Kier alpha value is -1.89. The zero-order valence-electron chi connectivity index (χ0n) is 13.4. The van der Waals surface area contributed by atoms with Gasteiger partial charge < -0.3 is 13.7 Å². The van der Waals surface area contributed by atoms with E-state index in [-0.39, 0.29) is 9.79 Å². The number of hydrogen-bond acceptors (Lipinski definition) is 3. The first-order valence-corrected chi connectivity index (χ1v) is 11.4. The summed E-state index contributed by atoms with van der Waals surface area (Å²) in [5.41, 5.74) is 0. The van der Waals surface area contributed by atoms with Crippen molar-refractivity contribution in [3.05, 3.63) is 78.9 Å². The second-order valence-corrected chi connectivity index (χ2v) is 10.1. The monoisotopic (exact) mass is 406 g/mol. The summed E-state index contributed by atoms with van der Waals surface area (Å²) in [6.45, 7) is 0. The average Bonchev–Trinajstić information content (AvgIpc) is 2.68. The van der Waals surface area contributed by atoms with Crippen LogP contribution in [0.15, 0.2) is 88.7 Å². The van der Waals surface area contributed by atoms with Gasteiger partial charge in [0.2, 0.25) is 0 Å². The molecular weight excluding hydrogens is 391 g/mol. The minimum atomic E-state index is -3.24. The van der Waals surface area contributed by atoms with Gasteiger partial charge in [-0.2, -0.15) is 0 Å². The molecule has 0 aliphatic heterocycles. The van der Waals surface area contributed by atoms with Crippen LogP contribution in [0.3, 0.4) is 0 Å². The van der Waals surface area contributed by atoms with Crippen LogP contribution in [0.25, 0.3) is 0 Å². The fraction of sp³-hybridized carbons (Fsp3) is 0. The molecule has 2 N–H and O–H groups in total. The molecule has 26 heavy (non-hydrogen) atoms. The van der Waals surface area contributed by atoms with Crippen molar-refractivity contribution in [2.45, 2.75) is 9.79 Å². The van der Waals surface area contributed by atoms with Crippen molar-refractivity contribution in [3.63, 3.8) is 0 Å². The predicted octanol–water partition coefficient (Wildman–Crippen LogP) is 2.49. The van der Waals surface area contributed by atoms with Crippen LogP contribution in [0.2, 0.25) is 0 Å². The van der Waals surface area contributed by atoms with Crippen molar-refractivity contribution >= 4 is 45.2 Å². The van der Waals surface area contributed by atoms with Crippen molar-refractivity contribution in [1.82, 2.24) is 0 Å². The molecule has 0 radical (unpaired) electrons. The first-order chi connectivity index (χ1) is 12.4. The lowest BCUT2D eigenvalue weighted by atomic mass is 10.3. The van der Waals surface area contributed by atoms with E-state index in [1.165, 1.54) is 24.3 Å². The summed E-state index contributed by atoms with van der Waals surface area (Å²) in [6.07, 6.45) is 0. The highest BCUT2D eigenvalue weighted by molar-refractivity contribution is 7.85. The standard InChI is InChI=1S/C18H15O5PS2/c19-24(14-4-2-1-3-5-14,15-6-10-17(11-7-15)25(20)21)16-8-12-18(13-9-16)26(22)23/h1-13H,(H,20,21)(H,22,23). The van der Waals surface area contributed by atoms with E-state index in [2.05, 4.69) is 0 Å². The number of rotatable bonds is 5. The summed E-state index contributed by atoms with van der Waals surface area (Å²) in [7, 11) is -3.24. The van der Waals surface area contributed by atoms with Gasteiger partial charge in [-0.25, -0.2) is 8.42 Å². The molecule has 3 rings (SSSR count). The van der Waals surface area contributed by atoms with E-state index in [4.69, 9.17) is 0 Å². The van der Waals surface area contributed by atoms with E-state index in [1.54, 1.807) is 48.5 Å². The molecule has 0 fully saturated rings. The lowest BCUT2D eigenvalue weighted by molar-refractivity contribution is 0.563. The van der Waals surface area contributed by atoms with Crippen LogP contribution in [-0.2, 0) is 26.7 Å². The van der Waals surface area contributed by atoms with Gasteiger partial charge in [-0.3, -0.25) is 0 Å². The van der Waals surface area contributed by atoms with Crippen LogP contribution in [0.4, 0.5) is 0 Å². The van der Waals surface area contributed by atoms with Crippen LogP contribution in [-0.4, -0.2) is 17.5 Å². The van der Waals surface area contributed by atoms with E-state index in [0.29, 0.717) is 15.9 Å². The van der Waals surface area contributed by atoms with Crippen molar-refractivity contribution in [2.75, 3.05) is 0 Å². The van der Waals surface area contributed by atoms with E-state index in [1.807, 2.05) is 6.07 Å². The van der Waals surface area contributed by atoms with Crippen LogP contribution in [0.5, 0.6) is 0 Å². The zero-order valence-corrected chi connectivity index (χ0v) is 15.9. The van der Waals surface area contributed by atoms with Crippen LogP contribution in [0, 0.1) is 0 Å². The summed E-state index contributed by atoms with van der Waals surface area (Å²) < 4.78 is 54.9. The molecule has 0 saturated heterocycles. The Morgan fingerprint density at radius 3 is 1.27 bits per heavy atom. The summed E-state index contributed by atoms with van der Waals surface area (Å²) in [4.78, 5) is 0.443. The van der Waals surface area contributed by atoms with E-state index in [9.17, 15) is 22.1 Å². The fourth-order valence-corrected chi connectivity index (χ4v) is 5.99. The molecule has 3 aromatic rings. The van der Waals surface area contributed by atoms with Crippen LogP contribution >= 0.6 is 7.14 Å². The van der Waals surface area contributed by atoms with Gasteiger partial charge in [-0.05, 0) is 48.5 Å². The zero-order chi connectivity index (χ0) is 18.7. The summed E-state index contributed by atoms with van der Waals surface area (Å²) in [5.74, 6) is 0. The van der Waals surface area contributed by atoms with E-state index >= 15 is 0 Å². The van der Waals surface area contributed by atoms with Crippen molar-refractivity contribution in [1.29, 1.82) is 0 Å². The number of hydrogen-bond donors (Lipinski definition) is 2. The molecule has 0 spiro atoms. The molecule has 0 aliphatic carbocycles. The lowest BCUT2D eigenvalue weighted by Crippen LogP contribution is -2.25. The third kappa shape index (κ3) is 3.63. The maximum absolute atomic E-state index is 14.1. The first-order valence-electron chi connectivity index (χ1n) is 7.51. The molecule has 0 bridgehead atoms. The number of benzene rings is 3. The van der Waals surface area contributed by atoms with E-state index in [0.717, 1.165) is 0 Å². The molecule has 2 unspecified atom stereocenters. The van der Waals surface area contributed by atoms with Crippen LogP contribution < -0.4 is 15.9 Å². The summed E-state index contributed by atoms with van der Waals surface area (Å²) in [6, 6.07) is 21.1. The Balaban J connectivity index is 2.18. The molecule has 8 heteroatoms. The Morgan fingerprint density at radius 1 is 0.577 bits per heavy atom. The van der Waals surface area contributed by atoms with Crippen molar-refractivity contribution < 1.29 is 22.1 Å². The highest BCUT2D eigenvalue weighted by atomic mass is 32.2. The van der Waals surface area contributed by atoms with Gasteiger partial charge in [-0.1, -0.05) is 30.3 Å². The molecule has 0 heterocycles. The summed E-state index contributed by atoms with van der Waals surface area (Å²) in [5, 5.41) is 1.63. The smallest absolute Gasteiger partial charge is 0.186 e. The molecular formula is C18H15O5PS2. The Kier molecular flexibility index (Phi) is 5.65. The van der Waals surface area contributed by atoms with Gasteiger partial charge in [0.1, 0.15) is 0 Å². The van der Waals surface area contributed by atoms with Crippen LogP contribution in [0.1, 0.15) is 0 Å². The highest BCUT2D eigenvalue weighted by Crippen LogP contribution is 2.42. The van der Waals surface area contributed by atoms with Gasteiger partial charge in [-0.15, -0.1) is 0 Å². The van der Waals surface area contributed by atoms with Gasteiger partial charge in [0.05, 0.1) is 9.79 Å². The maximum atomic E-state index is 14.1. The second kappa shape index (κ2) is 7.78. The Morgan fingerprint density at radius 2 is 0.923 bits per heavy atom. The Bertz CT molecular complexity index is 941. The molecule has 0 aromatic heterocycles.